The second-order valence-electron chi connectivity index (χ2n) is 6.91. The Morgan fingerprint density at radius 1 is 1.19 bits per heavy atom. The lowest BCUT2D eigenvalue weighted by Crippen LogP contribution is -2.35. The van der Waals surface area contributed by atoms with Gasteiger partial charge in [-0.05, 0) is 55.6 Å². The molecule has 4 rings (SSSR count). The molecule has 1 aromatic heterocycles. The molecule has 0 unspecified atom stereocenters. The fourth-order valence-corrected chi connectivity index (χ4v) is 5.12. The predicted molar refractivity (Wildman–Crippen MR) is 132 cm³/mol. The molecule has 3 heterocycles. The summed E-state index contributed by atoms with van der Waals surface area (Å²) in [6.07, 6.45) is 3.57. The standard InChI is InChI=1S/C21H20ClN5O3S2/c1-10-6-12(7-13-18(23)27-20(24-19(13)28)32-21(25-27)31-5)11(2)26(10)15-8-14(22)16(29-3)9-17(15)30-4/h6-9,23H,1-5H3/b13-7-,23-18?. The van der Waals surface area contributed by atoms with Crippen LogP contribution in [0.4, 0.5) is 0 Å². The molecule has 0 fully saturated rings. The maximum absolute atomic E-state index is 12.7. The van der Waals surface area contributed by atoms with Crippen molar-refractivity contribution < 1.29 is 14.3 Å². The van der Waals surface area contributed by atoms with Crippen LogP contribution >= 0.6 is 35.1 Å². The second kappa shape index (κ2) is 8.68. The molecule has 2 aromatic rings. The molecule has 0 radical (unpaired) electrons. The summed E-state index contributed by atoms with van der Waals surface area (Å²) in [6.45, 7) is 3.88. The third kappa shape index (κ3) is 3.72. The quantitative estimate of drug-likeness (QED) is 0.625. The third-order valence-corrected chi connectivity index (χ3v) is 7.25. The highest BCUT2D eigenvalue weighted by atomic mass is 35.5. The predicted octanol–water partition coefficient (Wildman–Crippen LogP) is 4.70. The van der Waals surface area contributed by atoms with Crippen molar-refractivity contribution in [3.8, 4) is 17.2 Å². The summed E-state index contributed by atoms with van der Waals surface area (Å²) in [5.74, 6) is 0.657. The number of nitrogens with one attached hydrogen (secondary N) is 1. The number of aryl methyl sites for hydroxylation is 1. The Morgan fingerprint density at radius 2 is 1.91 bits per heavy atom. The number of ether oxygens (including phenoxy) is 2. The fourth-order valence-electron chi connectivity index (χ4n) is 3.54. The second-order valence-corrected chi connectivity index (χ2v) is 9.33. The first kappa shape index (κ1) is 22.5. The monoisotopic (exact) mass is 489 g/mol. The molecule has 1 aromatic carbocycles. The highest BCUT2D eigenvalue weighted by Gasteiger charge is 2.35. The molecule has 1 N–H and O–H groups in total. The number of methoxy groups -OCH3 is 2. The normalized spacial score (nSPS) is 16.9. The van der Waals surface area contributed by atoms with E-state index in [0.29, 0.717) is 21.7 Å². The number of amidine groups is 2. The van der Waals surface area contributed by atoms with E-state index in [4.69, 9.17) is 26.5 Å². The minimum Gasteiger partial charge on any atom is -0.495 e. The van der Waals surface area contributed by atoms with E-state index in [-0.39, 0.29) is 11.4 Å². The number of carbonyl (C=O) groups is 1. The van der Waals surface area contributed by atoms with E-state index in [9.17, 15) is 4.79 Å². The summed E-state index contributed by atoms with van der Waals surface area (Å²) in [7, 11) is 3.13. The van der Waals surface area contributed by atoms with Crippen LogP contribution < -0.4 is 9.47 Å². The van der Waals surface area contributed by atoms with Crippen LogP contribution in [0.15, 0.2) is 33.9 Å². The van der Waals surface area contributed by atoms with Gasteiger partial charge in [-0.15, -0.1) is 16.9 Å². The number of rotatable bonds is 4. The van der Waals surface area contributed by atoms with Gasteiger partial charge in [-0.2, -0.15) is 10.0 Å². The maximum atomic E-state index is 12.7. The van der Waals surface area contributed by atoms with E-state index in [1.165, 1.54) is 28.5 Å². The lowest BCUT2D eigenvalue weighted by molar-refractivity contribution is -0.114. The topological polar surface area (TPSA) is 92.3 Å². The van der Waals surface area contributed by atoms with Gasteiger partial charge in [0.2, 0.25) is 5.17 Å². The zero-order valence-corrected chi connectivity index (χ0v) is 20.4. The molecule has 32 heavy (non-hydrogen) atoms. The Morgan fingerprint density at radius 3 is 2.56 bits per heavy atom. The molecule has 2 aliphatic heterocycles. The summed E-state index contributed by atoms with van der Waals surface area (Å²) in [4.78, 5) is 16.8. The number of thioether (sulfide) groups is 2. The van der Waals surface area contributed by atoms with Gasteiger partial charge < -0.3 is 14.0 Å². The van der Waals surface area contributed by atoms with Crippen molar-refractivity contribution in [2.45, 2.75) is 13.8 Å². The molecule has 0 saturated carbocycles. The van der Waals surface area contributed by atoms with Crippen molar-refractivity contribution in [3.63, 3.8) is 0 Å². The number of benzene rings is 1. The summed E-state index contributed by atoms with van der Waals surface area (Å²) in [5, 5.41) is 15.1. The highest BCUT2D eigenvalue weighted by molar-refractivity contribution is 8.45. The molecular weight excluding hydrogens is 470 g/mol. The first-order valence-electron chi connectivity index (χ1n) is 9.44. The van der Waals surface area contributed by atoms with Gasteiger partial charge in [0.25, 0.3) is 5.91 Å². The number of aromatic nitrogens is 1. The van der Waals surface area contributed by atoms with Gasteiger partial charge in [-0.3, -0.25) is 10.2 Å². The maximum Gasteiger partial charge on any atom is 0.283 e. The third-order valence-electron chi connectivity index (χ3n) is 5.07. The zero-order valence-electron chi connectivity index (χ0n) is 18.0. The zero-order chi connectivity index (χ0) is 23.2. The van der Waals surface area contributed by atoms with E-state index in [0.717, 1.165) is 27.0 Å². The summed E-state index contributed by atoms with van der Waals surface area (Å²) in [5.41, 5.74) is 3.47. The molecular formula is C21H20ClN5O3S2. The molecule has 11 heteroatoms. The molecule has 8 nitrogen and oxygen atoms in total. The van der Waals surface area contributed by atoms with E-state index >= 15 is 0 Å². The van der Waals surface area contributed by atoms with E-state index in [1.807, 2.05) is 30.7 Å². The Bertz CT molecular complexity index is 1250. The van der Waals surface area contributed by atoms with Gasteiger partial charge in [0.05, 0.1) is 30.5 Å². The van der Waals surface area contributed by atoms with E-state index in [1.54, 1.807) is 32.4 Å². The summed E-state index contributed by atoms with van der Waals surface area (Å²) < 4.78 is 13.6. The molecule has 0 bridgehead atoms. The van der Waals surface area contributed by atoms with Crippen LogP contribution in [-0.2, 0) is 4.79 Å². The lowest BCUT2D eigenvalue weighted by Gasteiger charge is -2.20. The Labute approximate surface area is 198 Å². The number of amides is 1. The minimum absolute atomic E-state index is 0.00595. The van der Waals surface area contributed by atoms with Gasteiger partial charge in [-0.1, -0.05) is 11.6 Å². The van der Waals surface area contributed by atoms with Crippen molar-refractivity contribution in [1.82, 2.24) is 9.58 Å². The van der Waals surface area contributed by atoms with Gasteiger partial charge in [0, 0.05) is 17.5 Å². The van der Waals surface area contributed by atoms with Crippen molar-refractivity contribution in [3.05, 3.63) is 45.7 Å². The first-order chi connectivity index (χ1) is 15.3. The van der Waals surface area contributed by atoms with Crippen molar-refractivity contribution in [2.24, 2.45) is 10.1 Å². The van der Waals surface area contributed by atoms with E-state index in [2.05, 4.69) is 10.1 Å². The number of halogens is 1. The van der Waals surface area contributed by atoms with Gasteiger partial charge in [-0.25, -0.2) is 0 Å². The first-order valence-corrected chi connectivity index (χ1v) is 11.9. The minimum atomic E-state index is -0.457. The Hall–Kier alpha value is -2.69. The number of carbonyl (C=O) groups excluding carboxylic acids is 1. The van der Waals surface area contributed by atoms with Crippen LogP contribution in [0.25, 0.3) is 11.8 Å². The molecule has 1 amide bonds. The van der Waals surface area contributed by atoms with Crippen LogP contribution in [0.3, 0.4) is 0 Å². The molecule has 0 aliphatic carbocycles. The molecule has 0 atom stereocenters. The van der Waals surface area contributed by atoms with E-state index < -0.39 is 5.91 Å². The fraction of sp³-hybridized carbons (Fsp3) is 0.238. The average Bonchev–Trinajstić information content (AvgIpc) is 3.31. The van der Waals surface area contributed by atoms with Crippen molar-refractivity contribution in [1.29, 1.82) is 5.41 Å². The largest absolute Gasteiger partial charge is 0.495 e. The van der Waals surface area contributed by atoms with Crippen LogP contribution in [0.2, 0.25) is 5.02 Å². The van der Waals surface area contributed by atoms with Gasteiger partial charge in [0.15, 0.2) is 10.2 Å². The number of hydrogen-bond donors (Lipinski definition) is 1. The number of nitrogens with zero attached hydrogens (tertiary/aromatic N) is 4. The Kier molecular flexibility index (Phi) is 6.11. The Balaban J connectivity index is 1.79. The number of aliphatic imine (C=N–C) groups is 1. The van der Waals surface area contributed by atoms with Gasteiger partial charge >= 0.3 is 0 Å². The summed E-state index contributed by atoms with van der Waals surface area (Å²) >= 11 is 9.11. The molecule has 0 spiro atoms. The number of hydrogen-bond acceptors (Lipinski definition) is 7. The lowest BCUT2D eigenvalue weighted by atomic mass is 10.1. The smallest absolute Gasteiger partial charge is 0.283 e. The highest BCUT2D eigenvalue weighted by Crippen LogP contribution is 2.37. The molecule has 2 aliphatic rings. The summed E-state index contributed by atoms with van der Waals surface area (Å²) in [6, 6.07) is 5.45. The van der Waals surface area contributed by atoms with Crippen molar-refractivity contribution in [2.75, 3.05) is 20.5 Å². The van der Waals surface area contributed by atoms with Crippen LogP contribution in [0, 0.1) is 19.3 Å². The number of hydrazone groups is 1. The van der Waals surface area contributed by atoms with Crippen molar-refractivity contribution >= 4 is 62.5 Å². The number of fused-ring (bicyclic) bond motifs is 1. The van der Waals surface area contributed by atoms with Crippen LogP contribution in [-0.4, -0.2) is 51.3 Å². The van der Waals surface area contributed by atoms with Crippen LogP contribution in [0.1, 0.15) is 17.0 Å². The molecule has 0 saturated heterocycles. The molecule has 166 valence electrons. The SMILES string of the molecule is COc1cc(OC)c(-n2c(C)cc(/C=C3/C(=N)N4N=C(SC)SC4=NC3=O)c2C)cc1Cl. The van der Waals surface area contributed by atoms with Gasteiger partial charge in [0.1, 0.15) is 11.5 Å². The average molecular weight is 490 g/mol. The van der Waals surface area contributed by atoms with Crippen LogP contribution in [0.5, 0.6) is 11.5 Å².